The second-order valence-corrected chi connectivity index (χ2v) is 0.742. The SMILES string of the molecule is Cl[CH-]Cl.[Ti]. The molecule has 0 amide bonds. The van der Waals surface area contributed by atoms with Crippen molar-refractivity contribution in [3.8, 4) is 0 Å². The van der Waals surface area contributed by atoms with E-state index in [1.54, 1.807) is 0 Å². The first kappa shape index (κ1) is 9.00. The molecular weight excluding hydrogens is 131 g/mol. The van der Waals surface area contributed by atoms with Crippen molar-refractivity contribution >= 4 is 23.2 Å². The molecule has 0 saturated heterocycles. The summed E-state index contributed by atoms with van der Waals surface area (Å²) in [6.45, 7) is 0. The van der Waals surface area contributed by atoms with Crippen LogP contribution in [0.15, 0.2) is 0 Å². The molecule has 3 heteroatoms. The molecule has 4 heavy (non-hydrogen) atoms. The van der Waals surface area contributed by atoms with Gasteiger partial charge in [-0.15, -0.1) is 0 Å². The van der Waals surface area contributed by atoms with E-state index in [9.17, 15) is 0 Å². The van der Waals surface area contributed by atoms with E-state index in [4.69, 9.17) is 0 Å². The summed E-state index contributed by atoms with van der Waals surface area (Å²) in [4.78, 5) is 0. The van der Waals surface area contributed by atoms with Gasteiger partial charge in [-0.1, -0.05) is 0 Å². The molecule has 0 fully saturated rings. The van der Waals surface area contributed by atoms with E-state index in [0.717, 1.165) is 5.34 Å². The Bertz CT molecular complexity index is 6.00. The summed E-state index contributed by atoms with van der Waals surface area (Å²) in [7, 11) is 0. The first-order valence-electron chi connectivity index (χ1n) is 0.436. The molecule has 0 bridgehead atoms. The second-order valence-electron chi connectivity index (χ2n) is 0.0825. The monoisotopic (exact) mass is 131 g/mol. The molecule has 0 aliphatic heterocycles. The van der Waals surface area contributed by atoms with Crippen LogP contribution in [-0.2, 0) is 21.7 Å². The van der Waals surface area contributed by atoms with Crippen molar-refractivity contribution in [3.63, 3.8) is 0 Å². The van der Waals surface area contributed by atoms with Gasteiger partial charge < -0.3 is 23.2 Å². The molecule has 0 N–H and O–H groups in total. The molecule has 24 valence electrons. The van der Waals surface area contributed by atoms with E-state index in [1.807, 2.05) is 0 Å². The van der Waals surface area contributed by atoms with Crippen LogP contribution < -0.4 is 0 Å². The van der Waals surface area contributed by atoms with Crippen LogP contribution in [0.5, 0.6) is 0 Å². The van der Waals surface area contributed by atoms with E-state index in [2.05, 4.69) is 23.2 Å². The van der Waals surface area contributed by atoms with Gasteiger partial charge in [0, 0.05) is 21.7 Å². The number of halogens is 2. The maximum absolute atomic E-state index is 4.64. The number of rotatable bonds is 0. The zero-order valence-corrected chi connectivity index (χ0v) is 4.91. The van der Waals surface area contributed by atoms with Crippen LogP contribution in [-0.4, -0.2) is 0 Å². The van der Waals surface area contributed by atoms with Crippen molar-refractivity contribution in [1.82, 2.24) is 0 Å². The summed E-state index contributed by atoms with van der Waals surface area (Å²) < 4.78 is 0. The molecule has 0 radical (unpaired) electrons. The van der Waals surface area contributed by atoms with Crippen LogP contribution >= 0.6 is 23.2 Å². The van der Waals surface area contributed by atoms with Crippen molar-refractivity contribution in [2.75, 3.05) is 0 Å². The fraction of sp³-hybridized carbons (Fsp3) is 0. The van der Waals surface area contributed by atoms with Crippen molar-refractivity contribution in [2.24, 2.45) is 0 Å². The molecule has 0 saturated carbocycles. The molecule has 0 nitrogen and oxygen atoms in total. The molecule has 0 heterocycles. The van der Waals surface area contributed by atoms with Crippen molar-refractivity contribution in [2.45, 2.75) is 0 Å². The number of hydrogen-bond acceptors (Lipinski definition) is 0. The summed E-state index contributed by atoms with van der Waals surface area (Å²) in [6, 6.07) is 0. The van der Waals surface area contributed by atoms with Gasteiger partial charge in [0.1, 0.15) is 0 Å². The molecular formula is CHCl2Ti-. The second kappa shape index (κ2) is 8.85. The van der Waals surface area contributed by atoms with Gasteiger partial charge in [0.25, 0.3) is 0 Å². The minimum atomic E-state index is 0. The van der Waals surface area contributed by atoms with Crippen LogP contribution in [0, 0.1) is 5.34 Å². The molecule has 0 aliphatic carbocycles. The third-order valence-electron chi connectivity index (χ3n) is 0. The Balaban J connectivity index is 0. The van der Waals surface area contributed by atoms with Crippen molar-refractivity contribution < 1.29 is 21.7 Å². The summed E-state index contributed by atoms with van der Waals surface area (Å²) in [5, 5.41) is 0.944. The van der Waals surface area contributed by atoms with E-state index < -0.39 is 0 Å². The Morgan fingerprint density at radius 2 is 1.25 bits per heavy atom. The van der Waals surface area contributed by atoms with Gasteiger partial charge in [-0.05, 0) is 0 Å². The first-order valence-corrected chi connectivity index (χ1v) is 1.31. The standard InChI is InChI=1S/CHCl2.Ti/c2-1-3;/h1H;/q-1;. The quantitative estimate of drug-likeness (QED) is 0.346. The average molecular weight is 132 g/mol. The minimum absolute atomic E-state index is 0. The van der Waals surface area contributed by atoms with Gasteiger partial charge in [0.05, 0.1) is 0 Å². The fourth-order valence-electron chi connectivity index (χ4n) is 0. The van der Waals surface area contributed by atoms with Gasteiger partial charge in [-0.25, -0.2) is 0 Å². The molecule has 0 aromatic heterocycles. The Morgan fingerprint density at radius 3 is 1.25 bits per heavy atom. The minimum Gasteiger partial charge on any atom is -0.333 e. The maximum Gasteiger partial charge on any atom is 0 e. The summed E-state index contributed by atoms with van der Waals surface area (Å²) in [5.74, 6) is 0. The van der Waals surface area contributed by atoms with E-state index in [1.165, 1.54) is 0 Å². The predicted octanol–water partition coefficient (Wildman–Crippen LogP) is 1.58. The van der Waals surface area contributed by atoms with Crippen LogP contribution in [0.3, 0.4) is 0 Å². The predicted molar refractivity (Wildman–Crippen MR) is 16.0 cm³/mol. The summed E-state index contributed by atoms with van der Waals surface area (Å²) in [6.07, 6.45) is 0. The Hall–Kier alpha value is 1.29. The summed E-state index contributed by atoms with van der Waals surface area (Å²) >= 11 is 9.28. The Labute approximate surface area is 50.4 Å². The zero-order valence-electron chi connectivity index (χ0n) is 1.83. The van der Waals surface area contributed by atoms with Gasteiger partial charge in [0.15, 0.2) is 0 Å². The van der Waals surface area contributed by atoms with Crippen LogP contribution in [0.25, 0.3) is 0 Å². The van der Waals surface area contributed by atoms with Gasteiger partial charge >= 0.3 is 0 Å². The normalized spacial score (nSPS) is 4.50. The molecule has 0 unspecified atom stereocenters. The first-order chi connectivity index (χ1) is 1.41. The Morgan fingerprint density at radius 1 is 1.25 bits per heavy atom. The van der Waals surface area contributed by atoms with Crippen molar-refractivity contribution in [3.05, 3.63) is 5.34 Å². The summed E-state index contributed by atoms with van der Waals surface area (Å²) in [5.41, 5.74) is 0. The average Bonchev–Trinajstić information content (AvgIpc) is 0.918. The molecule has 0 atom stereocenters. The third kappa shape index (κ3) is 10.4. The van der Waals surface area contributed by atoms with Crippen LogP contribution in [0.4, 0.5) is 0 Å². The van der Waals surface area contributed by atoms with E-state index in [-0.39, 0.29) is 21.7 Å². The number of hydrogen-bond donors (Lipinski definition) is 0. The molecule has 0 aromatic rings. The maximum atomic E-state index is 4.64. The van der Waals surface area contributed by atoms with Gasteiger partial charge in [-0.3, -0.25) is 0 Å². The Kier molecular flexibility index (Phi) is 19.9. The fourth-order valence-corrected chi connectivity index (χ4v) is 0. The van der Waals surface area contributed by atoms with Crippen LogP contribution in [0.1, 0.15) is 0 Å². The largest absolute Gasteiger partial charge is 0.333 e. The van der Waals surface area contributed by atoms with Gasteiger partial charge in [0.2, 0.25) is 0 Å². The smallest absolute Gasteiger partial charge is 0 e. The van der Waals surface area contributed by atoms with Crippen LogP contribution in [0.2, 0.25) is 0 Å². The third-order valence-corrected chi connectivity index (χ3v) is 0. The zero-order chi connectivity index (χ0) is 2.71. The molecule has 0 rings (SSSR count). The van der Waals surface area contributed by atoms with E-state index in [0.29, 0.717) is 0 Å². The molecule has 0 aliphatic rings. The molecule has 0 spiro atoms. The van der Waals surface area contributed by atoms with E-state index >= 15 is 0 Å². The van der Waals surface area contributed by atoms with Gasteiger partial charge in [-0.2, -0.15) is 5.34 Å². The molecule has 0 aromatic carbocycles. The topological polar surface area (TPSA) is 0 Å². The van der Waals surface area contributed by atoms with Crippen molar-refractivity contribution in [1.29, 1.82) is 0 Å².